The summed E-state index contributed by atoms with van der Waals surface area (Å²) in [7, 11) is 1.94. The van der Waals surface area contributed by atoms with E-state index >= 15 is 0 Å². The van der Waals surface area contributed by atoms with Crippen molar-refractivity contribution in [3.8, 4) is 6.07 Å². The molecular weight excluding hydrogens is 334 g/mol. The van der Waals surface area contributed by atoms with Crippen molar-refractivity contribution in [2.45, 2.75) is 12.8 Å². The van der Waals surface area contributed by atoms with Gasteiger partial charge in [0.15, 0.2) is 0 Å². The van der Waals surface area contributed by atoms with Crippen LogP contribution in [0.5, 0.6) is 0 Å². The third kappa shape index (κ3) is 3.18. The fraction of sp³-hybridized carbons (Fsp3) is 0.316. The van der Waals surface area contributed by atoms with Crippen molar-refractivity contribution in [3.63, 3.8) is 0 Å². The van der Waals surface area contributed by atoms with Gasteiger partial charge in [0.1, 0.15) is 5.82 Å². The van der Waals surface area contributed by atoms with Crippen molar-refractivity contribution in [2.24, 2.45) is 13.0 Å². The van der Waals surface area contributed by atoms with E-state index in [1.54, 1.807) is 6.07 Å². The average molecular weight is 352 g/mol. The van der Waals surface area contributed by atoms with Gasteiger partial charge in [-0.25, -0.2) is 4.98 Å². The summed E-state index contributed by atoms with van der Waals surface area (Å²) in [5.41, 5.74) is 2.71. The Labute approximate surface area is 151 Å². The number of anilines is 1. The molecule has 0 N–H and O–H groups in total. The van der Waals surface area contributed by atoms with Crippen LogP contribution in [0, 0.1) is 17.2 Å². The van der Waals surface area contributed by atoms with Gasteiger partial charge in [0.05, 0.1) is 23.3 Å². The number of halogens is 1. The van der Waals surface area contributed by atoms with Crippen molar-refractivity contribution in [1.29, 1.82) is 5.26 Å². The van der Waals surface area contributed by atoms with Crippen LogP contribution in [0.15, 0.2) is 36.7 Å². The third-order valence-electron chi connectivity index (χ3n) is 4.77. The molecule has 5 nitrogen and oxygen atoms in total. The van der Waals surface area contributed by atoms with Crippen molar-refractivity contribution < 1.29 is 0 Å². The quantitative estimate of drug-likeness (QED) is 0.724. The average Bonchev–Trinajstić information content (AvgIpc) is 3.23. The van der Waals surface area contributed by atoms with E-state index in [9.17, 15) is 5.26 Å². The molecule has 0 bridgehead atoms. The maximum Gasteiger partial charge on any atom is 0.130 e. The van der Waals surface area contributed by atoms with Crippen LogP contribution in [-0.2, 0) is 13.5 Å². The minimum absolute atomic E-state index is 0.581. The molecule has 126 valence electrons. The number of rotatable bonds is 3. The topological polar surface area (TPSA) is 57.7 Å². The van der Waals surface area contributed by atoms with Crippen molar-refractivity contribution in [2.75, 3.05) is 18.0 Å². The number of benzene rings is 1. The molecule has 0 saturated carbocycles. The van der Waals surface area contributed by atoms with Gasteiger partial charge >= 0.3 is 0 Å². The fourth-order valence-corrected chi connectivity index (χ4v) is 3.73. The Morgan fingerprint density at radius 3 is 3.00 bits per heavy atom. The largest absolute Gasteiger partial charge is 0.356 e. The van der Waals surface area contributed by atoms with Gasteiger partial charge in [-0.15, -0.1) is 0 Å². The van der Waals surface area contributed by atoms with Gasteiger partial charge in [-0.1, -0.05) is 11.6 Å². The van der Waals surface area contributed by atoms with E-state index < -0.39 is 0 Å². The minimum Gasteiger partial charge on any atom is -0.356 e. The summed E-state index contributed by atoms with van der Waals surface area (Å²) in [6.07, 6.45) is 6.17. The Kier molecular flexibility index (Phi) is 4.06. The Balaban J connectivity index is 1.58. The molecule has 6 heteroatoms. The van der Waals surface area contributed by atoms with E-state index in [0.717, 1.165) is 42.7 Å². The van der Waals surface area contributed by atoms with E-state index in [-0.39, 0.29) is 0 Å². The van der Waals surface area contributed by atoms with E-state index in [1.807, 2.05) is 36.1 Å². The molecule has 4 rings (SSSR count). The Bertz CT molecular complexity index is 972. The molecular formula is C19H18ClN5. The molecule has 2 aromatic heterocycles. The van der Waals surface area contributed by atoms with Crippen LogP contribution in [0.4, 0.5) is 5.82 Å². The molecule has 1 aliphatic heterocycles. The summed E-state index contributed by atoms with van der Waals surface area (Å²) >= 11 is 6.06. The molecule has 0 amide bonds. The second kappa shape index (κ2) is 6.38. The molecule has 3 aromatic rings. The van der Waals surface area contributed by atoms with E-state index in [4.69, 9.17) is 16.6 Å². The number of hydrogen-bond donors (Lipinski definition) is 0. The molecule has 0 spiro atoms. The number of fused-ring (bicyclic) bond motifs is 1. The minimum atomic E-state index is 0.581. The van der Waals surface area contributed by atoms with Crippen LogP contribution in [0.1, 0.15) is 17.5 Å². The zero-order chi connectivity index (χ0) is 17.4. The Morgan fingerprint density at radius 2 is 2.24 bits per heavy atom. The van der Waals surface area contributed by atoms with Gasteiger partial charge in [-0.3, -0.25) is 4.68 Å². The molecule has 1 atom stereocenters. The predicted octanol–water partition coefficient (Wildman–Crippen LogP) is 3.56. The highest BCUT2D eigenvalue weighted by Crippen LogP contribution is 2.29. The first-order valence-electron chi connectivity index (χ1n) is 8.35. The molecule has 3 heterocycles. The SMILES string of the molecule is Cn1cc(CC2CCN(c3cc(C#N)c4cc(Cl)ccc4n3)C2)cn1. The smallest absolute Gasteiger partial charge is 0.130 e. The van der Waals surface area contributed by atoms with Crippen molar-refractivity contribution in [1.82, 2.24) is 14.8 Å². The van der Waals surface area contributed by atoms with E-state index in [2.05, 4.69) is 22.3 Å². The fourth-order valence-electron chi connectivity index (χ4n) is 3.56. The lowest BCUT2D eigenvalue weighted by Gasteiger charge is -2.18. The van der Waals surface area contributed by atoms with E-state index in [1.165, 1.54) is 5.56 Å². The van der Waals surface area contributed by atoms with Gasteiger partial charge in [0.2, 0.25) is 0 Å². The second-order valence-corrected chi connectivity index (χ2v) is 7.06. The standard InChI is InChI=1S/C19H18ClN5/c1-24-11-14(10-22-24)6-13-4-5-25(12-13)19-7-15(9-21)17-8-16(20)2-3-18(17)23-19/h2-3,7-8,10-11,13H,4-6,12H2,1H3. The Hall–Kier alpha value is -2.58. The number of hydrogen-bond acceptors (Lipinski definition) is 4. The lowest BCUT2D eigenvalue weighted by Crippen LogP contribution is -2.21. The number of aromatic nitrogens is 3. The second-order valence-electron chi connectivity index (χ2n) is 6.63. The molecule has 1 unspecified atom stereocenters. The van der Waals surface area contributed by atoms with Gasteiger partial charge < -0.3 is 4.90 Å². The zero-order valence-corrected chi connectivity index (χ0v) is 14.7. The summed E-state index contributed by atoms with van der Waals surface area (Å²) in [5.74, 6) is 1.46. The number of aryl methyl sites for hydroxylation is 1. The van der Waals surface area contributed by atoms with Crippen molar-refractivity contribution >= 4 is 28.3 Å². The molecule has 1 fully saturated rings. The van der Waals surface area contributed by atoms with Crippen LogP contribution < -0.4 is 4.90 Å². The first-order valence-corrected chi connectivity index (χ1v) is 8.73. The van der Waals surface area contributed by atoms with Crippen LogP contribution in [0.25, 0.3) is 10.9 Å². The van der Waals surface area contributed by atoms with Crippen molar-refractivity contribution in [3.05, 3.63) is 52.8 Å². The lowest BCUT2D eigenvalue weighted by molar-refractivity contribution is 0.586. The first-order chi connectivity index (χ1) is 12.1. The maximum atomic E-state index is 9.49. The lowest BCUT2D eigenvalue weighted by atomic mass is 10.0. The molecule has 0 aliphatic carbocycles. The van der Waals surface area contributed by atoms with Gasteiger partial charge in [0.25, 0.3) is 0 Å². The van der Waals surface area contributed by atoms with Crippen LogP contribution in [0.2, 0.25) is 5.02 Å². The molecule has 0 radical (unpaired) electrons. The molecule has 25 heavy (non-hydrogen) atoms. The number of pyridine rings is 1. The van der Waals surface area contributed by atoms with Crippen LogP contribution in [0.3, 0.4) is 0 Å². The van der Waals surface area contributed by atoms with Crippen LogP contribution >= 0.6 is 11.6 Å². The van der Waals surface area contributed by atoms with Gasteiger partial charge in [0, 0.05) is 36.7 Å². The highest BCUT2D eigenvalue weighted by atomic mass is 35.5. The third-order valence-corrected chi connectivity index (χ3v) is 5.01. The van der Waals surface area contributed by atoms with Crippen LogP contribution in [-0.4, -0.2) is 27.9 Å². The monoisotopic (exact) mass is 351 g/mol. The first kappa shape index (κ1) is 15.9. The molecule has 1 aliphatic rings. The van der Waals surface area contributed by atoms with E-state index in [0.29, 0.717) is 16.5 Å². The molecule has 1 saturated heterocycles. The van der Waals surface area contributed by atoms with Gasteiger partial charge in [-0.2, -0.15) is 10.4 Å². The maximum absolute atomic E-state index is 9.49. The molecule has 1 aromatic carbocycles. The summed E-state index contributed by atoms with van der Waals surface area (Å²) in [5, 5.41) is 15.2. The summed E-state index contributed by atoms with van der Waals surface area (Å²) in [6.45, 7) is 1.91. The normalized spacial score (nSPS) is 17.2. The van der Waals surface area contributed by atoms with Gasteiger partial charge in [-0.05, 0) is 48.6 Å². The number of nitriles is 1. The Morgan fingerprint density at radius 1 is 1.36 bits per heavy atom. The summed E-state index contributed by atoms with van der Waals surface area (Å²) in [6, 6.07) is 9.66. The summed E-state index contributed by atoms with van der Waals surface area (Å²) < 4.78 is 1.84. The highest BCUT2D eigenvalue weighted by Gasteiger charge is 2.25. The number of nitrogens with zero attached hydrogens (tertiary/aromatic N) is 5. The zero-order valence-electron chi connectivity index (χ0n) is 14.0. The predicted molar refractivity (Wildman–Crippen MR) is 98.7 cm³/mol. The summed E-state index contributed by atoms with van der Waals surface area (Å²) in [4.78, 5) is 7.03. The highest BCUT2D eigenvalue weighted by molar-refractivity contribution is 6.31.